The highest BCUT2D eigenvalue weighted by molar-refractivity contribution is 5.96. The average molecular weight is 303 g/mol. The maximum Gasteiger partial charge on any atom is 0.409 e. The topological polar surface area (TPSA) is 75.6 Å². The SMILES string of the molecule is O=C(O)Nc1cc(C=C2OC(=O)C3=C2CCCC3)ccc1F. The summed E-state index contributed by atoms with van der Waals surface area (Å²) in [5, 5.41) is 10.7. The largest absolute Gasteiger partial charge is 0.465 e. The van der Waals surface area contributed by atoms with Crippen molar-refractivity contribution in [3.63, 3.8) is 0 Å². The van der Waals surface area contributed by atoms with Crippen LogP contribution in [0.25, 0.3) is 6.08 Å². The van der Waals surface area contributed by atoms with Crippen LogP contribution >= 0.6 is 0 Å². The van der Waals surface area contributed by atoms with E-state index in [-0.39, 0.29) is 11.7 Å². The maximum absolute atomic E-state index is 13.5. The van der Waals surface area contributed by atoms with Crippen molar-refractivity contribution in [2.24, 2.45) is 0 Å². The van der Waals surface area contributed by atoms with Gasteiger partial charge in [-0.25, -0.2) is 14.0 Å². The molecule has 1 aliphatic heterocycles. The number of cyclic esters (lactones) is 1. The summed E-state index contributed by atoms with van der Waals surface area (Å²) >= 11 is 0. The van der Waals surface area contributed by atoms with E-state index in [1.54, 1.807) is 6.08 Å². The normalized spacial score (nSPS) is 19.1. The van der Waals surface area contributed by atoms with E-state index in [1.807, 2.05) is 5.32 Å². The van der Waals surface area contributed by atoms with Crippen molar-refractivity contribution >= 4 is 23.8 Å². The first-order valence-electron chi connectivity index (χ1n) is 7.00. The van der Waals surface area contributed by atoms with Gasteiger partial charge in [0.15, 0.2) is 0 Å². The summed E-state index contributed by atoms with van der Waals surface area (Å²) in [7, 11) is 0. The lowest BCUT2D eigenvalue weighted by Crippen LogP contribution is -2.08. The molecule has 0 unspecified atom stereocenters. The lowest BCUT2D eigenvalue weighted by Gasteiger charge is -2.10. The molecule has 1 aliphatic carbocycles. The molecule has 0 saturated heterocycles. The third kappa shape index (κ3) is 2.72. The summed E-state index contributed by atoms with van der Waals surface area (Å²) in [6.07, 6.45) is 3.79. The quantitative estimate of drug-likeness (QED) is 0.817. The first kappa shape index (κ1) is 14.3. The Morgan fingerprint density at radius 3 is 2.73 bits per heavy atom. The van der Waals surface area contributed by atoms with E-state index in [0.29, 0.717) is 11.3 Å². The van der Waals surface area contributed by atoms with Gasteiger partial charge in [-0.1, -0.05) is 6.07 Å². The molecule has 3 rings (SSSR count). The number of rotatable bonds is 2. The number of carbonyl (C=O) groups is 2. The lowest BCUT2D eigenvalue weighted by atomic mass is 9.92. The second kappa shape index (κ2) is 5.63. The predicted octanol–water partition coefficient (Wildman–Crippen LogP) is 3.68. The average Bonchev–Trinajstić information content (AvgIpc) is 2.79. The van der Waals surface area contributed by atoms with Gasteiger partial charge in [-0.2, -0.15) is 0 Å². The number of anilines is 1. The molecule has 1 heterocycles. The molecular weight excluding hydrogens is 289 g/mol. The zero-order valence-electron chi connectivity index (χ0n) is 11.7. The number of benzene rings is 1. The van der Waals surface area contributed by atoms with Crippen molar-refractivity contribution in [2.75, 3.05) is 5.32 Å². The minimum atomic E-state index is -1.34. The highest BCUT2D eigenvalue weighted by Gasteiger charge is 2.31. The third-order valence-electron chi connectivity index (χ3n) is 3.74. The monoisotopic (exact) mass is 303 g/mol. The summed E-state index contributed by atoms with van der Waals surface area (Å²) in [4.78, 5) is 22.4. The van der Waals surface area contributed by atoms with Gasteiger partial charge in [0.05, 0.1) is 5.69 Å². The van der Waals surface area contributed by atoms with Crippen molar-refractivity contribution in [2.45, 2.75) is 25.7 Å². The summed E-state index contributed by atoms with van der Waals surface area (Å²) in [6, 6.07) is 4.04. The summed E-state index contributed by atoms with van der Waals surface area (Å²) in [5.41, 5.74) is 2.06. The molecule has 5 nitrogen and oxygen atoms in total. The van der Waals surface area contributed by atoms with E-state index in [1.165, 1.54) is 18.2 Å². The van der Waals surface area contributed by atoms with Gasteiger partial charge in [0.1, 0.15) is 11.6 Å². The van der Waals surface area contributed by atoms with Crippen LogP contribution in [0.1, 0.15) is 31.2 Å². The highest BCUT2D eigenvalue weighted by Crippen LogP contribution is 2.37. The number of ether oxygens (including phenoxy) is 1. The fourth-order valence-electron chi connectivity index (χ4n) is 2.74. The zero-order chi connectivity index (χ0) is 15.7. The maximum atomic E-state index is 13.5. The minimum Gasteiger partial charge on any atom is -0.465 e. The van der Waals surface area contributed by atoms with Gasteiger partial charge in [0.25, 0.3) is 0 Å². The fraction of sp³-hybridized carbons (Fsp3) is 0.250. The molecule has 2 N–H and O–H groups in total. The van der Waals surface area contributed by atoms with Crippen LogP contribution in [0.4, 0.5) is 14.9 Å². The first-order valence-corrected chi connectivity index (χ1v) is 7.00. The molecule has 0 spiro atoms. The van der Waals surface area contributed by atoms with Gasteiger partial charge in [-0.3, -0.25) is 5.32 Å². The Hall–Kier alpha value is -2.63. The number of hydrogen-bond donors (Lipinski definition) is 2. The van der Waals surface area contributed by atoms with Crippen molar-refractivity contribution in [1.82, 2.24) is 0 Å². The van der Waals surface area contributed by atoms with Gasteiger partial charge in [0.2, 0.25) is 0 Å². The van der Waals surface area contributed by atoms with E-state index >= 15 is 0 Å². The molecule has 6 heteroatoms. The molecule has 0 aromatic heterocycles. The second-order valence-electron chi connectivity index (χ2n) is 5.23. The fourth-order valence-corrected chi connectivity index (χ4v) is 2.74. The third-order valence-corrected chi connectivity index (χ3v) is 3.74. The Kier molecular flexibility index (Phi) is 3.66. The Morgan fingerprint density at radius 2 is 2.00 bits per heavy atom. The number of allylic oxidation sites excluding steroid dienone is 1. The standard InChI is InChI=1S/C16H14FNO4/c17-12-6-5-9(7-13(12)18-16(20)21)8-14-10-3-1-2-4-11(10)15(19)22-14/h5-8,18H,1-4H2,(H,20,21). The number of hydrogen-bond acceptors (Lipinski definition) is 3. The molecule has 114 valence electrons. The first-order chi connectivity index (χ1) is 10.5. The summed E-state index contributed by atoms with van der Waals surface area (Å²) in [6.45, 7) is 0. The van der Waals surface area contributed by atoms with Gasteiger partial charge in [0, 0.05) is 11.1 Å². The molecule has 2 aliphatic rings. The molecule has 0 radical (unpaired) electrons. The number of amides is 1. The van der Waals surface area contributed by atoms with E-state index < -0.39 is 11.9 Å². The van der Waals surface area contributed by atoms with Gasteiger partial charge in [-0.05, 0) is 49.5 Å². The minimum absolute atomic E-state index is 0.135. The van der Waals surface area contributed by atoms with E-state index in [9.17, 15) is 14.0 Å². The van der Waals surface area contributed by atoms with Gasteiger partial charge in [-0.15, -0.1) is 0 Å². The van der Waals surface area contributed by atoms with E-state index in [4.69, 9.17) is 9.84 Å². The Balaban J connectivity index is 1.94. The van der Waals surface area contributed by atoms with E-state index in [0.717, 1.165) is 36.8 Å². The number of carbonyl (C=O) groups excluding carboxylic acids is 1. The van der Waals surface area contributed by atoms with Crippen LogP contribution in [0, 0.1) is 5.82 Å². The molecule has 0 saturated carbocycles. The van der Waals surface area contributed by atoms with Crippen LogP contribution in [-0.4, -0.2) is 17.2 Å². The Bertz CT molecular complexity index is 721. The van der Waals surface area contributed by atoms with Crippen LogP contribution in [0.2, 0.25) is 0 Å². The molecule has 1 aromatic rings. The van der Waals surface area contributed by atoms with Crippen molar-refractivity contribution < 1.29 is 23.8 Å². The van der Waals surface area contributed by atoms with Crippen LogP contribution in [0.3, 0.4) is 0 Å². The molecule has 1 aromatic carbocycles. The molecule has 0 bridgehead atoms. The Labute approximate surface area is 126 Å². The predicted molar refractivity (Wildman–Crippen MR) is 77.6 cm³/mol. The zero-order valence-corrected chi connectivity index (χ0v) is 11.7. The second-order valence-corrected chi connectivity index (χ2v) is 5.23. The smallest absolute Gasteiger partial charge is 0.409 e. The highest BCUT2D eigenvalue weighted by atomic mass is 19.1. The molecule has 1 amide bonds. The van der Waals surface area contributed by atoms with Crippen LogP contribution in [-0.2, 0) is 9.53 Å². The van der Waals surface area contributed by atoms with E-state index in [2.05, 4.69) is 0 Å². The number of carboxylic acid groups (broad SMARTS) is 1. The van der Waals surface area contributed by atoms with Crippen molar-refractivity contribution in [3.8, 4) is 0 Å². The number of esters is 1. The Morgan fingerprint density at radius 1 is 1.27 bits per heavy atom. The molecular formula is C16H14FNO4. The van der Waals surface area contributed by atoms with Crippen molar-refractivity contribution in [1.29, 1.82) is 0 Å². The molecule has 22 heavy (non-hydrogen) atoms. The molecule has 0 atom stereocenters. The summed E-state index contributed by atoms with van der Waals surface area (Å²) < 4.78 is 18.8. The van der Waals surface area contributed by atoms with Gasteiger partial charge >= 0.3 is 12.1 Å². The lowest BCUT2D eigenvalue weighted by molar-refractivity contribution is -0.133. The van der Waals surface area contributed by atoms with Gasteiger partial charge < -0.3 is 9.84 Å². The van der Waals surface area contributed by atoms with Crippen LogP contribution in [0.15, 0.2) is 35.1 Å². The number of halogens is 1. The van der Waals surface area contributed by atoms with Crippen LogP contribution < -0.4 is 5.32 Å². The van der Waals surface area contributed by atoms with Crippen molar-refractivity contribution in [3.05, 3.63) is 46.5 Å². The number of nitrogens with one attached hydrogen (secondary N) is 1. The summed E-state index contributed by atoms with van der Waals surface area (Å²) in [5.74, 6) is -0.495. The van der Waals surface area contributed by atoms with Crippen LogP contribution in [0.5, 0.6) is 0 Å². The molecule has 0 fully saturated rings.